The number of allylic oxidation sites excluding steroid dienone is 8. The molecule has 0 radical (unpaired) electrons. The molecule has 0 N–H and O–H groups in total. The van der Waals surface area contributed by atoms with Gasteiger partial charge < -0.3 is 0 Å². The minimum atomic E-state index is 0.0340. The molecule has 4 aromatic rings. The van der Waals surface area contributed by atoms with Crippen molar-refractivity contribution in [3.05, 3.63) is 165 Å². The van der Waals surface area contributed by atoms with Crippen LogP contribution in [0.2, 0.25) is 0 Å². The molecule has 4 bridgehead atoms. The molecule has 4 aromatic carbocycles. The van der Waals surface area contributed by atoms with Gasteiger partial charge in [-0.3, -0.25) is 12.2 Å². The van der Waals surface area contributed by atoms with E-state index in [-0.39, 0.29) is 10.8 Å². The van der Waals surface area contributed by atoms with Crippen molar-refractivity contribution in [2.24, 2.45) is 29.1 Å². The summed E-state index contributed by atoms with van der Waals surface area (Å²) in [6.45, 7) is 18.2. The van der Waals surface area contributed by atoms with Crippen LogP contribution < -0.4 is 0 Å². The molecule has 0 aromatic heterocycles. The number of hydrogen-bond donors (Lipinski definition) is 0. The van der Waals surface area contributed by atoms with Crippen molar-refractivity contribution in [3.63, 3.8) is 0 Å². The molecule has 8 aliphatic carbocycles. The zero-order chi connectivity index (χ0) is 39.9. The summed E-state index contributed by atoms with van der Waals surface area (Å²) in [6, 6.07) is 30.9. The summed E-state index contributed by atoms with van der Waals surface area (Å²) >= 11 is 1.46. The summed E-state index contributed by atoms with van der Waals surface area (Å²) in [5.41, 5.74) is 21.0. The Balaban J connectivity index is 0.000000117. The Labute approximate surface area is 359 Å². The molecule has 0 heterocycles. The summed E-state index contributed by atoms with van der Waals surface area (Å²) in [6.07, 6.45) is 23.9. The maximum atomic E-state index is 3.65. The summed E-state index contributed by atoms with van der Waals surface area (Å²) in [5, 5.41) is 0. The van der Waals surface area contributed by atoms with Crippen LogP contribution in [0.5, 0.6) is 0 Å². The zero-order valence-electron chi connectivity index (χ0n) is 35.7. The van der Waals surface area contributed by atoms with E-state index in [4.69, 9.17) is 0 Å². The van der Waals surface area contributed by atoms with Crippen LogP contribution in [0.3, 0.4) is 0 Å². The van der Waals surface area contributed by atoms with Gasteiger partial charge in [0.05, 0.1) is 0 Å². The molecule has 288 valence electrons. The molecule has 0 amide bonds. The molecule has 4 fully saturated rings. The van der Waals surface area contributed by atoms with E-state index in [1.165, 1.54) is 106 Å². The van der Waals surface area contributed by atoms with Crippen molar-refractivity contribution in [2.75, 3.05) is 0 Å². The van der Waals surface area contributed by atoms with Gasteiger partial charge >= 0.3 is 99.2 Å². The first-order valence-electron chi connectivity index (χ1n) is 21.8. The molecule has 0 spiro atoms. The van der Waals surface area contributed by atoms with E-state index < -0.39 is 0 Å². The van der Waals surface area contributed by atoms with Gasteiger partial charge in [0.15, 0.2) is 0 Å². The summed E-state index contributed by atoms with van der Waals surface area (Å²) in [4.78, 5) is 0. The Bertz CT molecular complexity index is 2210. The van der Waals surface area contributed by atoms with Gasteiger partial charge in [-0.1, -0.05) is 84.4 Å². The normalized spacial score (nSPS) is 27.1. The molecule has 0 nitrogen and oxygen atoms in total. The monoisotopic (exact) mass is 822 g/mol. The van der Waals surface area contributed by atoms with E-state index in [2.05, 4.69) is 165 Å². The van der Waals surface area contributed by atoms with Gasteiger partial charge in [0, 0.05) is 5.41 Å². The molecule has 57 heavy (non-hydrogen) atoms. The van der Waals surface area contributed by atoms with E-state index in [9.17, 15) is 0 Å². The summed E-state index contributed by atoms with van der Waals surface area (Å²) in [5.74, 6) is 3.82. The Morgan fingerprint density at radius 1 is 0.667 bits per heavy atom. The predicted molar refractivity (Wildman–Crippen MR) is 238 cm³/mol. The first kappa shape index (κ1) is 39.1. The van der Waals surface area contributed by atoms with E-state index in [0.717, 1.165) is 24.2 Å². The van der Waals surface area contributed by atoms with Crippen molar-refractivity contribution in [1.82, 2.24) is 0 Å². The van der Waals surface area contributed by atoms with Crippen LogP contribution in [0.4, 0.5) is 0 Å². The van der Waals surface area contributed by atoms with Gasteiger partial charge in [-0.25, -0.2) is 11.1 Å². The molecule has 8 aliphatic rings. The molecule has 12 rings (SSSR count). The van der Waals surface area contributed by atoms with Gasteiger partial charge in [0.25, 0.3) is 0 Å². The molecule has 1 heteroatoms. The van der Waals surface area contributed by atoms with Crippen LogP contribution in [0.25, 0.3) is 22.3 Å². The van der Waals surface area contributed by atoms with Crippen LogP contribution in [0.1, 0.15) is 145 Å². The fourth-order valence-electron chi connectivity index (χ4n) is 12.7. The molecule has 1 atom stereocenters. The van der Waals surface area contributed by atoms with Gasteiger partial charge in [0.1, 0.15) is 0 Å². The zero-order valence-corrected chi connectivity index (χ0v) is 38.2. The Morgan fingerprint density at radius 2 is 1.19 bits per heavy atom. The van der Waals surface area contributed by atoms with Crippen LogP contribution >= 0.6 is 0 Å². The molecule has 0 saturated heterocycles. The van der Waals surface area contributed by atoms with E-state index in [1.807, 2.05) is 0 Å². The van der Waals surface area contributed by atoms with Crippen LogP contribution in [0.15, 0.2) is 108 Å². The van der Waals surface area contributed by atoms with Crippen molar-refractivity contribution in [3.8, 4) is 11.1 Å². The minimum absolute atomic E-state index is 0.0340. The molecule has 4 saturated carbocycles. The van der Waals surface area contributed by atoms with Gasteiger partial charge in [-0.05, 0) is 120 Å². The second-order valence-corrected chi connectivity index (χ2v) is 21.4. The Kier molecular flexibility index (Phi) is 10.1. The van der Waals surface area contributed by atoms with Crippen molar-refractivity contribution in [1.29, 1.82) is 0 Å². The second-order valence-electron chi connectivity index (χ2n) is 20.2. The number of fused-ring (bicyclic) bond motifs is 5. The number of hydrogen-bond acceptors (Lipinski definition) is 0. The van der Waals surface area contributed by atoms with Crippen molar-refractivity contribution in [2.45, 2.75) is 118 Å². The standard InChI is InChI=1S/C25H25.C18H25.C13H10.Zr/c1-14-12-24(3,4)22-8-16-7-17-9-23-19(15(2)13-25(23,5)6)11-21(17)20(16)10-18(14)22;1-12-3-13(2)17(4-12)11-18-8-14-5-15(9-18)7-16(6-14)10-18;1-3-7-12(8-4-1)11-13-9-5-2-6-10-13;/h8-12H,7H2,1-6H3;4,12,14-16H,5-11H2,1-2H3;1-10H;/q2*-1;;+2. The molecule has 1 unspecified atom stereocenters. The van der Waals surface area contributed by atoms with E-state index in [0.29, 0.717) is 11.3 Å². The Hall–Kier alpha value is -3.41. The molecular formula is C56H60Zr. The SMILES string of the molecule is CC1=[C-]C(C)(C)c2cc3c(cc21)-c1cc2c(cc1C3)C(C)(C)C=C2C.CC1=[C-]C(C)C=C1CC12CC3CC(CC(C3)C1)C2.[Zr+2]=[C](c1ccccc1)c1ccccc1. The van der Waals surface area contributed by atoms with Crippen LogP contribution in [0, 0.1) is 41.2 Å². The fraction of sp³-hybridized carbons (Fsp3) is 0.411. The average molecular weight is 824 g/mol. The molecular weight excluding hydrogens is 764 g/mol. The first-order chi connectivity index (χ1) is 27.2. The van der Waals surface area contributed by atoms with Crippen LogP contribution in [-0.2, 0) is 41.5 Å². The molecule has 0 aliphatic heterocycles. The maximum absolute atomic E-state index is 3.65. The number of benzene rings is 4. The Morgan fingerprint density at radius 3 is 1.72 bits per heavy atom. The quantitative estimate of drug-likeness (QED) is 0.158. The third kappa shape index (κ3) is 7.43. The van der Waals surface area contributed by atoms with E-state index in [1.54, 1.807) is 44.1 Å². The van der Waals surface area contributed by atoms with Gasteiger partial charge in [0.2, 0.25) is 0 Å². The van der Waals surface area contributed by atoms with E-state index >= 15 is 0 Å². The van der Waals surface area contributed by atoms with Crippen LogP contribution in [-0.4, -0.2) is 3.21 Å². The summed E-state index contributed by atoms with van der Waals surface area (Å²) in [7, 11) is 0. The third-order valence-corrected chi connectivity index (χ3v) is 16.1. The average Bonchev–Trinajstić information content (AvgIpc) is 3.83. The second kappa shape index (κ2) is 14.7. The summed E-state index contributed by atoms with van der Waals surface area (Å²) < 4.78 is 1.42. The predicted octanol–water partition coefficient (Wildman–Crippen LogP) is 14.2. The first-order valence-corrected chi connectivity index (χ1v) is 23.1. The van der Waals surface area contributed by atoms with Crippen molar-refractivity contribution < 1.29 is 24.2 Å². The van der Waals surface area contributed by atoms with Crippen molar-refractivity contribution >= 4 is 14.4 Å². The topological polar surface area (TPSA) is 0 Å². The third-order valence-electron chi connectivity index (χ3n) is 14.7. The fourth-order valence-corrected chi connectivity index (χ4v) is 13.5. The van der Waals surface area contributed by atoms with Gasteiger partial charge in [-0.2, -0.15) is 17.2 Å². The van der Waals surface area contributed by atoms with Gasteiger partial charge in [-0.15, -0.1) is 11.6 Å². The number of rotatable bonds is 4.